The highest BCUT2D eigenvalue weighted by Crippen LogP contribution is 2.32. The number of nitrogens with zero attached hydrogens (tertiary/aromatic N) is 1. The number of aryl methyl sites for hydroxylation is 1. The molecule has 0 N–H and O–H groups in total. The lowest BCUT2D eigenvalue weighted by Crippen LogP contribution is -2.35. The number of alkyl halides is 1. The normalized spacial score (nSPS) is 23.4. The molecule has 0 spiro atoms. The third kappa shape index (κ3) is 3.53. The van der Waals surface area contributed by atoms with Crippen molar-refractivity contribution in [3.8, 4) is 0 Å². The highest BCUT2D eigenvalue weighted by molar-refractivity contribution is 9.08. The van der Waals surface area contributed by atoms with E-state index in [0.29, 0.717) is 0 Å². The maximum atomic E-state index is 3.53. The minimum absolute atomic E-state index is 0.733. The van der Waals surface area contributed by atoms with Gasteiger partial charge in [-0.1, -0.05) is 41.4 Å². The van der Waals surface area contributed by atoms with E-state index in [4.69, 9.17) is 0 Å². The van der Waals surface area contributed by atoms with Crippen molar-refractivity contribution in [2.24, 2.45) is 5.92 Å². The minimum atomic E-state index is 0.733. The maximum absolute atomic E-state index is 3.53. The van der Waals surface area contributed by atoms with Gasteiger partial charge in [0.25, 0.3) is 0 Å². The molecule has 0 atom stereocenters. The molecule has 0 saturated heterocycles. The van der Waals surface area contributed by atoms with Crippen molar-refractivity contribution in [1.82, 2.24) is 0 Å². The van der Waals surface area contributed by atoms with E-state index < -0.39 is 0 Å². The first kappa shape index (κ1) is 14.9. The first-order valence-corrected chi connectivity index (χ1v) is 8.66. The Bertz CT molecular complexity index is 408. The van der Waals surface area contributed by atoms with E-state index in [1.165, 1.54) is 48.9 Å². The Hall–Kier alpha value is -0.500. The molecule has 0 heterocycles. The summed E-state index contributed by atoms with van der Waals surface area (Å²) in [5, 5.41) is 0.944. The SMILES string of the molecule is CCC1CCC(N(C)c2ccc(CBr)cc2C)CC1. The van der Waals surface area contributed by atoms with Crippen LogP contribution in [0.1, 0.15) is 50.2 Å². The first-order chi connectivity index (χ1) is 9.15. The highest BCUT2D eigenvalue weighted by Gasteiger charge is 2.23. The first-order valence-electron chi connectivity index (χ1n) is 7.54. The number of halogens is 1. The van der Waals surface area contributed by atoms with E-state index in [9.17, 15) is 0 Å². The molecule has 1 aliphatic rings. The van der Waals surface area contributed by atoms with Crippen LogP contribution in [0.2, 0.25) is 0 Å². The van der Waals surface area contributed by atoms with Crippen LogP contribution in [0.5, 0.6) is 0 Å². The van der Waals surface area contributed by atoms with Gasteiger partial charge in [-0.25, -0.2) is 0 Å². The van der Waals surface area contributed by atoms with Crippen LogP contribution in [-0.4, -0.2) is 13.1 Å². The Balaban J connectivity index is 2.05. The van der Waals surface area contributed by atoms with Crippen LogP contribution >= 0.6 is 15.9 Å². The highest BCUT2D eigenvalue weighted by atomic mass is 79.9. The van der Waals surface area contributed by atoms with Crippen molar-refractivity contribution in [1.29, 1.82) is 0 Å². The minimum Gasteiger partial charge on any atom is -0.371 e. The zero-order valence-corrected chi connectivity index (χ0v) is 14.0. The van der Waals surface area contributed by atoms with Crippen molar-refractivity contribution < 1.29 is 0 Å². The predicted molar refractivity (Wildman–Crippen MR) is 88.3 cm³/mol. The summed E-state index contributed by atoms with van der Waals surface area (Å²) in [6, 6.07) is 7.57. The second-order valence-corrected chi connectivity index (χ2v) is 6.51. The van der Waals surface area contributed by atoms with Crippen LogP contribution in [0.3, 0.4) is 0 Å². The summed E-state index contributed by atoms with van der Waals surface area (Å²) in [4.78, 5) is 2.51. The van der Waals surface area contributed by atoms with Crippen molar-refractivity contribution in [2.75, 3.05) is 11.9 Å². The molecular formula is C17H26BrN. The summed E-state index contributed by atoms with van der Waals surface area (Å²) in [6.07, 6.45) is 6.88. The van der Waals surface area contributed by atoms with Crippen molar-refractivity contribution in [2.45, 2.75) is 57.3 Å². The lowest BCUT2D eigenvalue weighted by atomic mass is 9.84. The number of benzene rings is 1. The molecule has 0 unspecified atom stereocenters. The van der Waals surface area contributed by atoms with Gasteiger partial charge >= 0.3 is 0 Å². The van der Waals surface area contributed by atoms with E-state index in [1.807, 2.05) is 0 Å². The molecule has 2 rings (SSSR count). The topological polar surface area (TPSA) is 3.24 Å². The van der Waals surface area contributed by atoms with E-state index in [1.54, 1.807) is 0 Å². The number of hydrogen-bond donors (Lipinski definition) is 0. The zero-order valence-electron chi connectivity index (χ0n) is 12.5. The molecule has 0 bridgehead atoms. The van der Waals surface area contributed by atoms with E-state index in [2.05, 4.69) is 59.9 Å². The third-order valence-electron chi connectivity index (χ3n) is 4.74. The van der Waals surface area contributed by atoms with Crippen LogP contribution < -0.4 is 4.90 Å². The molecule has 1 fully saturated rings. The summed E-state index contributed by atoms with van der Waals surface area (Å²) in [6.45, 7) is 4.56. The quantitative estimate of drug-likeness (QED) is 0.680. The standard InChI is InChI=1S/C17H26BrN/c1-4-14-5-8-16(9-6-14)19(3)17-10-7-15(12-18)11-13(17)2/h7,10-11,14,16H,4-6,8-9,12H2,1-3H3. The summed E-state index contributed by atoms with van der Waals surface area (Å²) >= 11 is 3.53. The Morgan fingerprint density at radius 2 is 1.89 bits per heavy atom. The average Bonchev–Trinajstić information content (AvgIpc) is 2.46. The van der Waals surface area contributed by atoms with Crippen LogP contribution in [-0.2, 0) is 5.33 Å². The fourth-order valence-corrected chi connectivity index (χ4v) is 3.68. The van der Waals surface area contributed by atoms with Crippen LogP contribution in [0.15, 0.2) is 18.2 Å². The molecule has 1 aromatic carbocycles. The third-order valence-corrected chi connectivity index (χ3v) is 5.38. The molecule has 2 heteroatoms. The van der Waals surface area contributed by atoms with Crippen molar-refractivity contribution in [3.63, 3.8) is 0 Å². The molecular weight excluding hydrogens is 298 g/mol. The van der Waals surface area contributed by atoms with Gasteiger partial charge in [-0.15, -0.1) is 0 Å². The lowest BCUT2D eigenvalue weighted by molar-refractivity contribution is 0.313. The fraction of sp³-hybridized carbons (Fsp3) is 0.647. The monoisotopic (exact) mass is 323 g/mol. The summed E-state index contributed by atoms with van der Waals surface area (Å²) in [7, 11) is 2.27. The van der Waals surface area contributed by atoms with Crippen LogP contribution in [0, 0.1) is 12.8 Å². The molecule has 1 aliphatic carbocycles. The molecule has 0 amide bonds. The van der Waals surface area contributed by atoms with Gasteiger partial charge in [0.05, 0.1) is 0 Å². The number of hydrogen-bond acceptors (Lipinski definition) is 1. The van der Waals surface area contributed by atoms with Gasteiger partial charge in [0.15, 0.2) is 0 Å². The molecule has 0 aliphatic heterocycles. The van der Waals surface area contributed by atoms with Gasteiger partial charge in [-0.3, -0.25) is 0 Å². The van der Waals surface area contributed by atoms with Crippen molar-refractivity contribution >= 4 is 21.6 Å². The molecule has 1 saturated carbocycles. The Morgan fingerprint density at radius 1 is 1.21 bits per heavy atom. The molecule has 1 aromatic rings. The Kier molecular flexibility index (Phi) is 5.32. The zero-order chi connectivity index (χ0) is 13.8. The van der Waals surface area contributed by atoms with Gasteiger partial charge in [-0.05, 0) is 55.7 Å². The largest absolute Gasteiger partial charge is 0.371 e. The molecule has 1 nitrogen and oxygen atoms in total. The second kappa shape index (κ2) is 6.78. The number of rotatable bonds is 4. The molecule has 106 valence electrons. The molecule has 0 aromatic heterocycles. The Labute approximate surface area is 126 Å². The van der Waals surface area contributed by atoms with E-state index in [-0.39, 0.29) is 0 Å². The molecule has 19 heavy (non-hydrogen) atoms. The van der Waals surface area contributed by atoms with Crippen molar-refractivity contribution in [3.05, 3.63) is 29.3 Å². The summed E-state index contributed by atoms with van der Waals surface area (Å²) < 4.78 is 0. The lowest BCUT2D eigenvalue weighted by Gasteiger charge is -2.36. The summed E-state index contributed by atoms with van der Waals surface area (Å²) in [5.74, 6) is 0.974. The van der Waals surface area contributed by atoms with Gasteiger partial charge in [0.1, 0.15) is 0 Å². The van der Waals surface area contributed by atoms with Crippen LogP contribution in [0.4, 0.5) is 5.69 Å². The van der Waals surface area contributed by atoms with Gasteiger partial charge in [0.2, 0.25) is 0 Å². The Morgan fingerprint density at radius 3 is 2.42 bits per heavy atom. The van der Waals surface area contributed by atoms with E-state index >= 15 is 0 Å². The number of anilines is 1. The van der Waals surface area contributed by atoms with E-state index in [0.717, 1.165) is 17.3 Å². The van der Waals surface area contributed by atoms with Gasteiger partial charge in [-0.2, -0.15) is 0 Å². The van der Waals surface area contributed by atoms with Crippen LogP contribution in [0.25, 0.3) is 0 Å². The fourth-order valence-electron chi connectivity index (χ4n) is 3.33. The predicted octanol–water partition coefficient (Wildman–Crippen LogP) is 5.29. The summed E-state index contributed by atoms with van der Waals surface area (Å²) in [5.41, 5.74) is 4.17. The maximum Gasteiger partial charge on any atom is 0.0396 e. The van der Waals surface area contributed by atoms with Gasteiger partial charge in [0, 0.05) is 24.1 Å². The average molecular weight is 324 g/mol. The second-order valence-electron chi connectivity index (χ2n) is 5.95. The molecule has 0 radical (unpaired) electrons. The van der Waals surface area contributed by atoms with Gasteiger partial charge < -0.3 is 4.90 Å². The smallest absolute Gasteiger partial charge is 0.0396 e.